The molecule has 2 heterocycles. The first-order chi connectivity index (χ1) is 11.6. The largest absolute Gasteiger partial charge is 0.469 e. The third-order valence-corrected chi connectivity index (χ3v) is 5.05. The van der Waals surface area contributed by atoms with E-state index in [4.69, 9.17) is 4.42 Å². The summed E-state index contributed by atoms with van der Waals surface area (Å²) < 4.78 is 7.45. The number of furan rings is 1. The summed E-state index contributed by atoms with van der Waals surface area (Å²) in [6, 6.07) is 12.0. The number of Topliss-reactive ketones (excluding diaryl/α,β-unsaturated/α-hetero) is 1. The summed E-state index contributed by atoms with van der Waals surface area (Å²) in [4.78, 5) is 11.6. The Kier molecular flexibility index (Phi) is 4.85. The first kappa shape index (κ1) is 16.5. The van der Waals surface area contributed by atoms with Gasteiger partial charge in [0.1, 0.15) is 11.5 Å². The van der Waals surface area contributed by atoms with Crippen molar-refractivity contribution in [1.29, 1.82) is 0 Å². The molecule has 0 fully saturated rings. The van der Waals surface area contributed by atoms with Gasteiger partial charge < -0.3 is 4.42 Å². The molecule has 0 amide bonds. The first-order valence-corrected chi connectivity index (χ1v) is 8.63. The third kappa shape index (κ3) is 3.43. The molecule has 24 heavy (non-hydrogen) atoms. The number of rotatable bonds is 6. The maximum Gasteiger partial charge on any atom is 0.192 e. The van der Waals surface area contributed by atoms with Crippen LogP contribution in [0.3, 0.4) is 0 Å². The second kappa shape index (κ2) is 7.05. The zero-order valence-electron chi connectivity index (χ0n) is 13.9. The molecule has 0 spiro atoms. The molecule has 0 radical (unpaired) electrons. The molecule has 0 aliphatic carbocycles. The van der Waals surface area contributed by atoms with Crippen molar-refractivity contribution in [2.75, 3.05) is 0 Å². The number of carbonyl (C=O) groups is 1. The summed E-state index contributed by atoms with van der Waals surface area (Å²) in [6.45, 7) is 6.02. The lowest BCUT2D eigenvalue weighted by atomic mass is 10.2. The van der Waals surface area contributed by atoms with Crippen LogP contribution in [0.25, 0.3) is 11.4 Å². The molecule has 6 heteroatoms. The first-order valence-electron chi connectivity index (χ1n) is 7.75. The fourth-order valence-electron chi connectivity index (χ4n) is 2.34. The summed E-state index contributed by atoms with van der Waals surface area (Å²) in [5.74, 6) is 1.67. The van der Waals surface area contributed by atoms with Gasteiger partial charge in [-0.2, -0.15) is 0 Å². The van der Waals surface area contributed by atoms with Crippen molar-refractivity contribution < 1.29 is 9.21 Å². The smallest absolute Gasteiger partial charge is 0.192 e. The van der Waals surface area contributed by atoms with Crippen molar-refractivity contribution in [3.63, 3.8) is 0 Å². The third-order valence-electron chi connectivity index (χ3n) is 3.85. The molecule has 2 aromatic heterocycles. The van der Waals surface area contributed by atoms with Gasteiger partial charge in [-0.25, -0.2) is 0 Å². The monoisotopic (exact) mass is 341 g/mol. The van der Waals surface area contributed by atoms with Crippen LogP contribution in [-0.4, -0.2) is 25.8 Å². The van der Waals surface area contributed by atoms with Crippen molar-refractivity contribution in [1.82, 2.24) is 14.8 Å². The Labute approximate surface area is 145 Å². The van der Waals surface area contributed by atoms with Crippen LogP contribution in [0.2, 0.25) is 0 Å². The van der Waals surface area contributed by atoms with Crippen LogP contribution in [0.1, 0.15) is 25.2 Å². The van der Waals surface area contributed by atoms with E-state index >= 15 is 0 Å². The topological polar surface area (TPSA) is 60.9 Å². The number of nitrogens with zero attached hydrogens (tertiary/aromatic N) is 3. The van der Waals surface area contributed by atoms with E-state index in [0.29, 0.717) is 6.54 Å². The van der Waals surface area contributed by atoms with Crippen molar-refractivity contribution in [2.24, 2.45) is 0 Å². The molecule has 0 saturated heterocycles. The summed E-state index contributed by atoms with van der Waals surface area (Å²) >= 11 is 1.43. The molecular formula is C18H19N3O2S. The Bertz CT molecular complexity index is 839. The number of thioether (sulfide) groups is 1. The van der Waals surface area contributed by atoms with Crippen LogP contribution >= 0.6 is 11.8 Å². The highest BCUT2D eigenvalue weighted by molar-refractivity contribution is 8.00. The molecule has 3 rings (SSSR count). The number of hydrogen-bond donors (Lipinski definition) is 0. The van der Waals surface area contributed by atoms with Crippen LogP contribution < -0.4 is 0 Å². The average molecular weight is 341 g/mol. The average Bonchev–Trinajstić information content (AvgIpc) is 3.15. The quantitative estimate of drug-likeness (QED) is 0.635. The van der Waals surface area contributed by atoms with E-state index in [2.05, 4.69) is 22.3 Å². The van der Waals surface area contributed by atoms with E-state index in [1.807, 2.05) is 42.7 Å². The molecule has 5 nitrogen and oxygen atoms in total. The molecule has 0 N–H and O–H groups in total. The molecule has 0 aliphatic heterocycles. The van der Waals surface area contributed by atoms with Crippen LogP contribution in [-0.2, 0) is 11.3 Å². The van der Waals surface area contributed by atoms with Gasteiger partial charge in [-0.15, -0.1) is 10.2 Å². The van der Waals surface area contributed by atoms with Gasteiger partial charge in [0.2, 0.25) is 0 Å². The Morgan fingerprint density at radius 3 is 2.62 bits per heavy atom. The zero-order valence-corrected chi connectivity index (χ0v) is 14.7. The summed E-state index contributed by atoms with van der Waals surface area (Å²) in [5, 5.41) is 9.23. The number of hydrogen-bond acceptors (Lipinski definition) is 5. The molecule has 1 aromatic carbocycles. The highest BCUT2D eigenvalue weighted by Gasteiger charge is 2.20. The van der Waals surface area contributed by atoms with Gasteiger partial charge in [0.15, 0.2) is 11.0 Å². The Morgan fingerprint density at radius 2 is 2.00 bits per heavy atom. The van der Waals surface area contributed by atoms with Gasteiger partial charge in [0.05, 0.1) is 23.6 Å². The Balaban J connectivity index is 2.02. The predicted molar refractivity (Wildman–Crippen MR) is 94.0 cm³/mol. The van der Waals surface area contributed by atoms with E-state index in [1.165, 1.54) is 11.8 Å². The van der Waals surface area contributed by atoms with Gasteiger partial charge >= 0.3 is 0 Å². The van der Waals surface area contributed by atoms with E-state index in [-0.39, 0.29) is 11.0 Å². The zero-order chi connectivity index (χ0) is 17.1. The fourth-order valence-corrected chi connectivity index (χ4v) is 3.19. The molecule has 1 unspecified atom stereocenters. The number of aryl methyl sites for hydroxylation is 1. The molecule has 1 atom stereocenters. The van der Waals surface area contributed by atoms with Gasteiger partial charge in [0.25, 0.3) is 0 Å². The van der Waals surface area contributed by atoms with Crippen LogP contribution in [0.5, 0.6) is 0 Å². The minimum Gasteiger partial charge on any atom is -0.469 e. The molecule has 124 valence electrons. The summed E-state index contributed by atoms with van der Waals surface area (Å²) in [6.07, 6.45) is 1.65. The Morgan fingerprint density at radius 1 is 1.25 bits per heavy atom. The number of benzene rings is 1. The van der Waals surface area contributed by atoms with Crippen LogP contribution in [0, 0.1) is 6.92 Å². The predicted octanol–water partition coefficient (Wildman–Crippen LogP) is 3.96. The highest BCUT2D eigenvalue weighted by atomic mass is 32.2. The second-order valence-corrected chi connectivity index (χ2v) is 6.95. The molecule has 0 bridgehead atoms. The highest BCUT2D eigenvalue weighted by Crippen LogP contribution is 2.29. The lowest BCUT2D eigenvalue weighted by Crippen LogP contribution is -2.11. The normalized spacial score (nSPS) is 12.3. The fraction of sp³-hybridized carbons (Fsp3) is 0.278. The van der Waals surface area contributed by atoms with Crippen LogP contribution in [0.15, 0.2) is 52.2 Å². The van der Waals surface area contributed by atoms with Crippen molar-refractivity contribution >= 4 is 17.5 Å². The van der Waals surface area contributed by atoms with E-state index < -0.39 is 0 Å². The lowest BCUT2D eigenvalue weighted by Gasteiger charge is -2.12. The van der Waals surface area contributed by atoms with Gasteiger partial charge in [-0.05, 0) is 32.4 Å². The van der Waals surface area contributed by atoms with Crippen molar-refractivity contribution in [3.8, 4) is 11.4 Å². The SMILES string of the molecule is CC(=O)C(C)Sc1nnc(-c2ccoc2C)n1Cc1ccccc1. The van der Waals surface area contributed by atoms with Gasteiger partial charge in [-0.3, -0.25) is 9.36 Å². The van der Waals surface area contributed by atoms with E-state index in [0.717, 1.165) is 27.9 Å². The number of ketones is 1. The lowest BCUT2D eigenvalue weighted by molar-refractivity contribution is -0.116. The van der Waals surface area contributed by atoms with Gasteiger partial charge in [0, 0.05) is 0 Å². The summed E-state index contributed by atoms with van der Waals surface area (Å²) in [5.41, 5.74) is 2.07. The van der Waals surface area contributed by atoms with Crippen molar-refractivity contribution in [2.45, 2.75) is 37.7 Å². The Hall–Kier alpha value is -2.34. The maximum absolute atomic E-state index is 11.6. The number of carbonyl (C=O) groups excluding carboxylic acids is 1. The summed E-state index contributed by atoms with van der Waals surface area (Å²) in [7, 11) is 0. The second-order valence-electron chi connectivity index (χ2n) is 5.64. The molecule has 0 aliphatic rings. The number of aromatic nitrogens is 3. The van der Waals surface area contributed by atoms with Crippen molar-refractivity contribution in [3.05, 3.63) is 54.0 Å². The van der Waals surface area contributed by atoms with E-state index in [1.54, 1.807) is 13.2 Å². The molecule has 0 saturated carbocycles. The molecular weight excluding hydrogens is 322 g/mol. The van der Waals surface area contributed by atoms with E-state index in [9.17, 15) is 4.79 Å². The standard InChI is InChI=1S/C18H19N3O2S/c1-12(22)14(3)24-18-20-19-17(16-9-10-23-13(16)2)21(18)11-15-7-5-4-6-8-15/h4-10,14H,11H2,1-3H3. The minimum atomic E-state index is -0.165. The molecule has 3 aromatic rings. The van der Waals surface area contributed by atoms with Gasteiger partial charge in [-0.1, -0.05) is 42.1 Å². The minimum absolute atomic E-state index is 0.121. The van der Waals surface area contributed by atoms with Crippen LogP contribution in [0.4, 0.5) is 0 Å². The maximum atomic E-state index is 11.6.